The molecule has 0 aromatic carbocycles. The molecular formula is C12H20IN2+. The molecule has 0 radical (unpaired) electrons. The molecule has 15 heavy (non-hydrogen) atoms. The highest BCUT2D eigenvalue weighted by Crippen LogP contribution is 1.92. The average molecular weight is 319 g/mol. The third kappa shape index (κ3) is 3.91. The van der Waals surface area contributed by atoms with E-state index in [1.165, 1.54) is 10.7 Å². The molecule has 0 aliphatic rings. The molecule has 2 nitrogen and oxygen atoms in total. The summed E-state index contributed by atoms with van der Waals surface area (Å²) >= 11 is 0. The van der Waals surface area contributed by atoms with Crippen molar-refractivity contribution in [1.82, 2.24) is 0 Å². The monoisotopic (exact) mass is 319 g/mol. The molecule has 0 saturated carbocycles. The van der Waals surface area contributed by atoms with Crippen LogP contribution in [0.15, 0.2) is 36.7 Å². The van der Waals surface area contributed by atoms with E-state index in [9.17, 15) is 0 Å². The number of nitrogens with zero attached hydrogens (tertiary/aromatic N) is 1. The summed E-state index contributed by atoms with van der Waals surface area (Å²) in [5.41, 5.74) is 0. The zero-order valence-corrected chi connectivity index (χ0v) is 12.0. The Balaban J connectivity index is 0.00000196. The maximum Gasteiger partial charge on any atom is 0.371 e. The van der Waals surface area contributed by atoms with Gasteiger partial charge in [-0.15, -0.1) is 0 Å². The van der Waals surface area contributed by atoms with Crippen LogP contribution in [0, 0.1) is 0 Å². The molecule has 0 fully saturated rings. The van der Waals surface area contributed by atoms with Crippen molar-refractivity contribution in [3.63, 3.8) is 0 Å². The number of halogens is 1. The number of hydrogen-bond donors (Lipinski definition) is 1. The van der Waals surface area contributed by atoms with Gasteiger partial charge in [0.1, 0.15) is 7.05 Å². The SMILES string of the molecule is C/C=C\[NH+](c1cccc[n+]1C)C(C)C.[I-]. The fourth-order valence-corrected chi connectivity index (χ4v) is 1.58. The van der Waals surface area contributed by atoms with Crippen molar-refractivity contribution in [3.8, 4) is 0 Å². The normalized spacial score (nSPS) is 12.9. The number of pyridine rings is 1. The molecule has 1 aromatic rings. The van der Waals surface area contributed by atoms with E-state index in [4.69, 9.17) is 0 Å². The van der Waals surface area contributed by atoms with Crippen molar-refractivity contribution >= 4 is 5.82 Å². The van der Waals surface area contributed by atoms with Gasteiger partial charge < -0.3 is 24.0 Å². The van der Waals surface area contributed by atoms with Crippen molar-refractivity contribution in [2.45, 2.75) is 26.8 Å². The number of rotatable bonds is 3. The van der Waals surface area contributed by atoms with E-state index >= 15 is 0 Å². The van der Waals surface area contributed by atoms with Crippen LogP contribution in [0.4, 0.5) is 5.82 Å². The smallest absolute Gasteiger partial charge is 0.371 e. The summed E-state index contributed by atoms with van der Waals surface area (Å²) in [7, 11) is 2.08. The highest BCUT2D eigenvalue weighted by molar-refractivity contribution is 5.10. The van der Waals surface area contributed by atoms with Crippen LogP contribution >= 0.6 is 0 Å². The zero-order valence-electron chi connectivity index (χ0n) is 9.87. The minimum atomic E-state index is 0. The Morgan fingerprint density at radius 3 is 2.47 bits per heavy atom. The van der Waals surface area contributed by atoms with Crippen molar-refractivity contribution in [2.24, 2.45) is 7.05 Å². The lowest BCUT2D eigenvalue weighted by molar-refractivity contribution is -0.880. The number of allylic oxidation sites excluding steroid dienone is 1. The third-order valence-electron chi connectivity index (χ3n) is 2.32. The predicted molar refractivity (Wildman–Crippen MR) is 58.2 cm³/mol. The molecule has 0 spiro atoms. The van der Waals surface area contributed by atoms with Crippen molar-refractivity contribution in [1.29, 1.82) is 0 Å². The molecule has 1 atom stereocenters. The standard InChI is InChI=1S/C12H19N2.HI/c1-5-9-14(11(2)3)12-8-6-7-10-13(12)4;/h5-11H,1-4H3;1H/q+1;/b9-5-;. The third-order valence-corrected chi connectivity index (χ3v) is 2.32. The number of nitrogens with one attached hydrogen (secondary N) is 1. The molecule has 1 aromatic heterocycles. The van der Waals surface area contributed by atoms with Gasteiger partial charge in [0, 0.05) is 6.07 Å². The van der Waals surface area contributed by atoms with Gasteiger partial charge in [-0.05, 0) is 32.9 Å². The van der Waals surface area contributed by atoms with Crippen LogP contribution in [0.3, 0.4) is 0 Å². The Labute approximate surface area is 110 Å². The number of aromatic nitrogens is 1. The lowest BCUT2D eigenvalue weighted by Crippen LogP contribution is -3.07. The molecule has 0 amide bonds. The molecule has 1 unspecified atom stereocenters. The summed E-state index contributed by atoms with van der Waals surface area (Å²) in [5.74, 6) is 1.29. The van der Waals surface area contributed by atoms with Gasteiger partial charge in [-0.1, -0.05) is 0 Å². The Morgan fingerprint density at radius 1 is 1.33 bits per heavy atom. The molecule has 1 rings (SSSR count). The van der Waals surface area contributed by atoms with E-state index in [1.807, 2.05) is 0 Å². The first kappa shape index (κ1) is 14.6. The lowest BCUT2D eigenvalue weighted by Gasteiger charge is -2.14. The largest absolute Gasteiger partial charge is 1.00 e. The van der Waals surface area contributed by atoms with Crippen LogP contribution in [0.1, 0.15) is 20.8 Å². The summed E-state index contributed by atoms with van der Waals surface area (Å²) < 4.78 is 2.16. The topological polar surface area (TPSA) is 8.32 Å². The van der Waals surface area contributed by atoms with Crippen LogP contribution in [0.2, 0.25) is 0 Å². The molecule has 84 valence electrons. The van der Waals surface area contributed by atoms with E-state index in [0.717, 1.165) is 0 Å². The molecule has 0 aliphatic carbocycles. The van der Waals surface area contributed by atoms with Crippen LogP contribution in [0.25, 0.3) is 0 Å². The molecule has 1 N–H and O–H groups in total. The summed E-state index contributed by atoms with van der Waals surface area (Å²) in [6.07, 6.45) is 6.38. The lowest BCUT2D eigenvalue weighted by atomic mass is 10.3. The zero-order chi connectivity index (χ0) is 10.6. The molecule has 1 heterocycles. The van der Waals surface area contributed by atoms with Gasteiger partial charge >= 0.3 is 5.82 Å². The van der Waals surface area contributed by atoms with Gasteiger partial charge in [-0.3, -0.25) is 0 Å². The fourth-order valence-electron chi connectivity index (χ4n) is 1.58. The number of quaternary nitrogens is 1. The maximum atomic E-state index is 2.22. The van der Waals surface area contributed by atoms with Crippen LogP contribution in [-0.4, -0.2) is 6.04 Å². The van der Waals surface area contributed by atoms with Crippen LogP contribution in [0.5, 0.6) is 0 Å². The van der Waals surface area contributed by atoms with Gasteiger partial charge in [0.2, 0.25) is 0 Å². The van der Waals surface area contributed by atoms with E-state index in [2.05, 4.69) is 69.1 Å². The highest BCUT2D eigenvalue weighted by Gasteiger charge is 2.21. The van der Waals surface area contributed by atoms with Gasteiger partial charge in [0.25, 0.3) is 0 Å². The number of hydrogen-bond acceptors (Lipinski definition) is 0. The average Bonchev–Trinajstić information content (AvgIpc) is 2.15. The number of aryl methyl sites for hydroxylation is 1. The highest BCUT2D eigenvalue weighted by atomic mass is 127. The Kier molecular flexibility index (Phi) is 6.76. The Bertz CT molecular complexity index is 321. The van der Waals surface area contributed by atoms with Gasteiger partial charge in [-0.2, -0.15) is 4.57 Å². The van der Waals surface area contributed by atoms with E-state index in [0.29, 0.717) is 6.04 Å². The van der Waals surface area contributed by atoms with Gasteiger partial charge in [-0.25, -0.2) is 4.90 Å². The van der Waals surface area contributed by atoms with Crippen LogP contribution < -0.4 is 33.4 Å². The van der Waals surface area contributed by atoms with Crippen LogP contribution in [-0.2, 0) is 7.05 Å². The van der Waals surface area contributed by atoms with E-state index in [-0.39, 0.29) is 24.0 Å². The quantitative estimate of drug-likeness (QED) is 0.486. The summed E-state index contributed by atoms with van der Waals surface area (Å²) in [5, 5.41) is 0. The minimum Gasteiger partial charge on any atom is -1.00 e. The summed E-state index contributed by atoms with van der Waals surface area (Å²) in [4.78, 5) is 1.38. The Hall–Kier alpha value is -0.420. The second kappa shape index (κ2) is 6.95. The first-order valence-electron chi connectivity index (χ1n) is 5.11. The van der Waals surface area contributed by atoms with Crippen molar-refractivity contribution < 1.29 is 33.4 Å². The van der Waals surface area contributed by atoms with Gasteiger partial charge in [0.15, 0.2) is 6.20 Å². The second-order valence-corrected chi connectivity index (χ2v) is 3.81. The van der Waals surface area contributed by atoms with Crippen molar-refractivity contribution in [2.75, 3.05) is 0 Å². The summed E-state index contributed by atoms with van der Waals surface area (Å²) in [6.45, 7) is 6.51. The minimum absolute atomic E-state index is 0. The van der Waals surface area contributed by atoms with E-state index in [1.54, 1.807) is 0 Å². The second-order valence-electron chi connectivity index (χ2n) is 3.81. The summed E-state index contributed by atoms with van der Waals surface area (Å²) in [6, 6.07) is 6.85. The molecule has 0 aliphatic heterocycles. The molecule has 3 heteroatoms. The first-order valence-corrected chi connectivity index (χ1v) is 5.11. The molecular weight excluding hydrogens is 299 g/mol. The molecule has 0 bridgehead atoms. The molecule has 0 saturated heterocycles. The Morgan fingerprint density at radius 2 is 2.00 bits per heavy atom. The van der Waals surface area contributed by atoms with Crippen molar-refractivity contribution in [3.05, 3.63) is 36.7 Å². The van der Waals surface area contributed by atoms with Gasteiger partial charge in [0.05, 0.1) is 18.3 Å². The first-order chi connectivity index (χ1) is 6.66. The van der Waals surface area contributed by atoms with E-state index < -0.39 is 0 Å². The fraction of sp³-hybridized carbons (Fsp3) is 0.417. The maximum absolute atomic E-state index is 2.22. The predicted octanol–water partition coefficient (Wildman–Crippen LogP) is -2.03.